The van der Waals surface area contributed by atoms with E-state index in [2.05, 4.69) is 27.6 Å². The van der Waals surface area contributed by atoms with Gasteiger partial charge in [0.1, 0.15) is 5.75 Å². The second kappa shape index (κ2) is 10.6. The Labute approximate surface area is 201 Å². The molecule has 0 spiro atoms. The zero-order valence-electron chi connectivity index (χ0n) is 18.6. The third-order valence-electron chi connectivity index (χ3n) is 4.93. The fourth-order valence-electron chi connectivity index (χ4n) is 3.15. The number of para-hydroxylation sites is 1. The summed E-state index contributed by atoms with van der Waals surface area (Å²) >= 11 is 2.99. The monoisotopic (exact) mass is 476 g/mol. The molecular weight excluding hydrogens is 452 g/mol. The minimum atomic E-state index is -0.360. The van der Waals surface area contributed by atoms with Crippen LogP contribution in [0.1, 0.15) is 6.92 Å². The van der Waals surface area contributed by atoms with Crippen LogP contribution in [-0.2, 0) is 11.8 Å². The molecule has 1 amide bonds. The van der Waals surface area contributed by atoms with Crippen molar-refractivity contribution in [1.82, 2.24) is 14.8 Å². The highest BCUT2D eigenvalue weighted by Crippen LogP contribution is 2.34. The highest BCUT2D eigenvalue weighted by Gasteiger charge is 2.20. The van der Waals surface area contributed by atoms with Crippen molar-refractivity contribution in [2.75, 3.05) is 12.4 Å². The average Bonchev–Trinajstić information content (AvgIpc) is 3.20. The highest BCUT2D eigenvalue weighted by atomic mass is 32.2. The molecule has 1 unspecified atom stereocenters. The van der Waals surface area contributed by atoms with Crippen LogP contribution in [0.25, 0.3) is 11.4 Å². The smallest absolute Gasteiger partial charge is 0.237 e. The van der Waals surface area contributed by atoms with E-state index in [9.17, 15) is 4.79 Å². The molecule has 1 heterocycles. The Morgan fingerprint density at radius 2 is 1.76 bits per heavy atom. The molecule has 0 aliphatic heterocycles. The number of carbonyl (C=O) groups is 1. The van der Waals surface area contributed by atoms with Gasteiger partial charge in [-0.25, -0.2) is 0 Å². The maximum absolute atomic E-state index is 13.0. The first-order valence-corrected chi connectivity index (χ1v) is 12.1. The van der Waals surface area contributed by atoms with E-state index in [4.69, 9.17) is 4.74 Å². The van der Waals surface area contributed by atoms with Gasteiger partial charge >= 0.3 is 0 Å². The molecule has 1 aromatic heterocycles. The number of anilines is 1. The van der Waals surface area contributed by atoms with Crippen LogP contribution in [0, 0.1) is 0 Å². The Hall–Kier alpha value is -3.23. The Balaban J connectivity index is 1.45. The van der Waals surface area contributed by atoms with Crippen molar-refractivity contribution >= 4 is 35.1 Å². The van der Waals surface area contributed by atoms with Crippen LogP contribution in [-0.4, -0.2) is 33.0 Å². The van der Waals surface area contributed by atoms with Crippen molar-refractivity contribution in [2.24, 2.45) is 7.05 Å². The van der Waals surface area contributed by atoms with Gasteiger partial charge in [0, 0.05) is 22.4 Å². The fourth-order valence-corrected chi connectivity index (χ4v) is 4.89. The Kier molecular flexibility index (Phi) is 7.36. The zero-order valence-corrected chi connectivity index (χ0v) is 20.2. The molecule has 0 bridgehead atoms. The average molecular weight is 477 g/mol. The number of nitrogens with zero attached hydrogens (tertiary/aromatic N) is 3. The van der Waals surface area contributed by atoms with Gasteiger partial charge in [-0.15, -0.1) is 10.2 Å². The molecule has 0 aliphatic carbocycles. The third-order valence-corrected chi connectivity index (χ3v) is 7.15. The van der Waals surface area contributed by atoms with E-state index < -0.39 is 0 Å². The minimum Gasteiger partial charge on any atom is -0.497 e. The number of hydrogen-bond acceptors (Lipinski definition) is 6. The van der Waals surface area contributed by atoms with E-state index in [1.165, 1.54) is 11.8 Å². The van der Waals surface area contributed by atoms with Gasteiger partial charge in [0.2, 0.25) is 5.91 Å². The summed E-state index contributed by atoms with van der Waals surface area (Å²) in [5.74, 6) is 1.38. The van der Waals surface area contributed by atoms with Gasteiger partial charge in [-0.05, 0) is 43.3 Å². The second-order valence-corrected chi connectivity index (χ2v) is 9.68. The number of methoxy groups -OCH3 is 1. The van der Waals surface area contributed by atoms with Crippen LogP contribution >= 0.6 is 23.5 Å². The number of hydrogen-bond donors (Lipinski definition) is 1. The Bertz CT molecular complexity index is 1240. The number of ether oxygens (including phenoxy) is 1. The Morgan fingerprint density at radius 3 is 2.55 bits per heavy atom. The van der Waals surface area contributed by atoms with E-state index in [1.807, 2.05) is 85.3 Å². The zero-order chi connectivity index (χ0) is 23.2. The number of carbonyl (C=O) groups excluding carboxylic acids is 1. The van der Waals surface area contributed by atoms with Gasteiger partial charge in [-0.1, -0.05) is 66.0 Å². The third kappa shape index (κ3) is 5.58. The largest absolute Gasteiger partial charge is 0.497 e. The number of nitrogens with one attached hydrogen (secondary N) is 1. The molecule has 4 aromatic rings. The van der Waals surface area contributed by atoms with E-state index in [0.717, 1.165) is 26.8 Å². The molecule has 168 valence electrons. The van der Waals surface area contributed by atoms with Crippen LogP contribution in [0.4, 0.5) is 5.69 Å². The molecule has 0 radical (unpaired) electrons. The standard InChI is InChI=1S/C25H24N4O2S2/c1-17(32-25-28-27-23(29(25)2)18-10-9-11-19(16-18)31-3)24(30)26-21-14-7-8-15-22(21)33-20-12-5-4-6-13-20/h4-17H,1-3H3,(H,26,30). The van der Waals surface area contributed by atoms with Crippen molar-refractivity contribution in [3.05, 3.63) is 78.9 Å². The quantitative estimate of drug-likeness (QED) is 0.326. The van der Waals surface area contributed by atoms with E-state index >= 15 is 0 Å². The Morgan fingerprint density at radius 1 is 1.00 bits per heavy atom. The molecule has 0 aliphatic rings. The van der Waals surface area contributed by atoms with Gasteiger partial charge < -0.3 is 14.6 Å². The van der Waals surface area contributed by atoms with Gasteiger partial charge in [-0.2, -0.15) is 0 Å². The molecule has 6 nitrogen and oxygen atoms in total. The lowest BCUT2D eigenvalue weighted by atomic mass is 10.2. The van der Waals surface area contributed by atoms with E-state index in [1.54, 1.807) is 18.9 Å². The van der Waals surface area contributed by atoms with Gasteiger partial charge in [0.25, 0.3) is 0 Å². The maximum Gasteiger partial charge on any atom is 0.237 e. The molecular formula is C25H24N4O2S2. The lowest BCUT2D eigenvalue weighted by Gasteiger charge is -2.14. The van der Waals surface area contributed by atoms with Crippen molar-refractivity contribution in [3.8, 4) is 17.1 Å². The minimum absolute atomic E-state index is 0.0907. The molecule has 0 fully saturated rings. The number of thioether (sulfide) groups is 1. The lowest BCUT2D eigenvalue weighted by molar-refractivity contribution is -0.115. The van der Waals surface area contributed by atoms with Crippen LogP contribution in [0.3, 0.4) is 0 Å². The SMILES string of the molecule is COc1cccc(-c2nnc(SC(C)C(=O)Nc3ccccc3Sc3ccccc3)n2C)c1. The van der Waals surface area contributed by atoms with Crippen LogP contribution in [0.15, 0.2) is 93.8 Å². The first kappa shape index (κ1) is 22.9. The van der Waals surface area contributed by atoms with Crippen molar-refractivity contribution < 1.29 is 9.53 Å². The summed E-state index contributed by atoms with van der Waals surface area (Å²) < 4.78 is 7.20. The summed E-state index contributed by atoms with van der Waals surface area (Å²) in [6.07, 6.45) is 0. The first-order chi connectivity index (χ1) is 16.0. The summed E-state index contributed by atoms with van der Waals surface area (Å²) in [6.45, 7) is 1.87. The fraction of sp³-hybridized carbons (Fsp3) is 0.160. The number of amides is 1. The van der Waals surface area contributed by atoms with Gasteiger partial charge in [0.15, 0.2) is 11.0 Å². The van der Waals surface area contributed by atoms with Gasteiger partial charge in [0.05, 0.1) is 18.0 Å². The molecule has 33 heavy (non-hydrogen) atoms. The van der Waals surface area contributed by atoms with Crippen LogP contribution in [0.2, 0.25) is 0 Å². The lowest BCUT2D eigenvalue weighted by Crippen LogP contribution is -2.23. The van der Waals surface area contributed by atoms with E-state index in [0.29, 0.717) is 11.0 Å². The number of rotatable bonds is 8. The van der Waals surface area contributed by atoms with Crippen molar-refractivity contribution in [2.45, 2.75) is 27.1 Å². The molecule has 8 heteroatoms. The predicted molar refractivity (Wildman–Crippen MR) is 134 cm³/mol. The molecule has 0 saturated heterocycles. The second-order valence-electron chi connectivity index (χ2n) is 7.26. The van der Waals surface area contributed by atoms with Crippen LogP contribution in [0.5, 0.6) is 5.75 Å². The van der Waals surface area contributed by atoms with Gasteiger partial charge in [-0.3, -0.25) is 4.79 Å². The summed E-state index contributed by atoms with van der Waals surface area (Å²) in [4.78, 5) is 15.1. The summed E-state index contributed by atoms with van der Waals surface area (Å²) in [7, 11) is 3.53. The topological polar surface area (TPSA) is 69.0 Å². The number of benzene rings is 3. The summed E-state index contributed by atoms with van der Waals surface area (Å²) in [6, 6.07) is 25.6. The normalized spacial score (nSPS) is 11.7. The molecule has 1 N–H and O–H groups in total. The molecule has 1 atom stereocenters. The maximum atomic E-state index is 13.0. The number of aromatic nitrogens is 3. The van der Waals surface area contributed by atoms with Crippen molar-refractivity contribution in [3.63, 3.8) is 0 Å². The highest BCUT2D eigenvalue weighted by molar-refractivity contribution is 8.00. The molecule has 0 saturated carbocycles. The molecule has 4 rings (SSSR count). The summed E-state index contributed by atoms with van der Waals surface area (Å²) in [5.41, 5.74) is 1.69. The predicted octanol–water partition coefficient (Wildman–Crippen LogP) is 5.76. The van der Waals surface area contributed by atoms with Crippen LogP contribution < -0.4 is 10.1 Å². The van der Waals surface area contributed by atoms with Crippen molar-refractivity contribution in [1.29, 1.82) is 0 Å². The van der Waals surface area contributed by atoms with E-state index in [-0.39, 0.29) is 11.2 Å². The first-order valence-electron chi connectivity index (χ1n) is 10.4. The summed E-state index contributed by atoms with van der Waals surface area (Å²) in [5, 5.41) is 12.0. The molecule has 3 aromatic carbocycles.